The number of rotatable bonds is 3. The minimum atomic E-state index is -0.126. The molecule has 0 spiro atoms. The van der Waals surface area contributed by atoms with Crippen molar-refractivity contribution in [2.24, 2.45) is 0 Å². The molecule has 3 heterocycles. The highest BCUT2D eigenvalue weighted by Gasteiger charge is 2.33. The van der Waals surface area contributed by atoms with Crippen LogP contribution in [-0.2, 0) is 11.3 Å². The number of nitrogens with one attached hydrogen (secondary N) is 1. The molecule has 116 valence electrons. The van der Waals surface area contributed by atoms with Gasteiger partial charge in [-0.15, -0.1) is 0 Å². The molecule has 0 radical (unpaired) electrons. The number of anilines is 1. The van der Waals surface area contributed by atoms with Gasteiger partial charge in [-0.1, -0.05) is 18.2 Å². The number of fused-ring (bicyclic) bond motifs is 1. The maximum absolute atomic E-state index is 12.2. The van der Waals surface area contributed by atoms with E-state index in [1.165, 1.54) is 6.33 Å². The Morgan fingerprint density at radius 3 is 2.87 bits per heavy atom. The first-order valence-electron chi connectivity index (χ1n) is 7.58. The summed E-state index contributed by atoms with van der Waals surface area (Å²) in [6.45, 7) is 2.73. The summed E-state index contributed by atoms with van der Waals surface area (Å²) in [6, 6.07) is 9.75. The van der Waals surface area contributed by atoms with Crippen LogP contribution in [0.4, 0.5) is 5.82 Å². The summed E-state index contributed by atoms with van der Waals surface area (Å²) in [7, 11) is 0. The highest BCUT2D eigenvalue weighted by Crippen LogP contribution is 2.37. The second-order valence-electron chi connectivity index (χ2n) is 5.43. The third-order valence-electron chi connectivity index (χ3n) is 4.08. The predicted molar refractivity (Wildman–Crippen MR) is 84.3 cm³/mol. The van der Waals surface area contributed by atoms with E-state index in [4.69, 9.17) is 0 Å². The van der Waals surface area contributed by atoms with Crippen LogP contribution >= 0.6 is 0 Å². The standard InChI is InChI=1S/C16H16N6O/c1-2-21-15(17-10-19-21)12-8-14(23)20-16-13(12)9-18-22(16)11-6-4-3-5-7-11/h3-7,9-10,12H,2,8H2,1H3,(H,20,23)/t12-/m1/s1. The number of benzene rings is 1. The molecule has 4 rings (SSSR count). The van der Waals surface area contributed by atoms with Crippen LogP contribution in [-0.4, -0.2) is 30.5 Å². The monoisotopic (exact) mass is 308 g/mol. The van der Waals surface area contributed by atoms with Gasteiger partial charge in [-0.05, 0) is 19.1 Å². The lowest BCUT2D eigenvalue weighted by Gasteiger charge is -2.23. The summed E-state index contributed by atoms with van der Waals surface area (Å²) in [5, 5.41) is 11.6. The van der Waals surface area contributed by atoms with Crippen molar-refractivity contribution in [2.45, 2.75) is 25.8 Å². The Kier molecular flexibility index (Phi) is 3.18. The third-order valence-corrected chi connectivity index (χ3v) is 4.08. The average molecular weight is 308 g/mol. The largest absolute Gasteiger partial charge is 0.310 e. The van der Waals surface area contributed by atoms with Gasteiger partial charge in [0.25, 0.3) is 0 Å². The molecular weight excluding hydrogens is 292 g/mol. The van der Waals surface area contributed by atoms with Crippen LogP contribution in [0.2, 0.25) is 0 Å². The molecule has 0 bridgehead atoms. The van der Waals surface area contributed by atoms with Gasteiger partial charge in [-0.25, -0.2) is 14.3 Å². The van der Waals surface area contributed by atoms with Crippen molar-refractivity contribution in [3.05, 3.63) is 54.2 Å². The summed E-state index contributed by atoms with van der Waals surface area (Å²) in [4.78, 5) is 16.6. The van der Waals surface area contributed by atoms with E-state index >= 15 is 0 Å². The molecule has 7 nitrogen and oxygen atoms in total. The topological polar surface area (TPSA) is 77.6 Å². The third kappa shape index (κ3) is 2.21. The molecule has 0 saturated heterocycles. The molecule has 1 N–H and O–H groups in total. The van der Waals surface area contributed by atoms with E-state index in [-0.39, 0.29) is 11.8 Å². The number of aromatic nitrogens is 5. The SMILES string of the molecule is CCn1ncnc1[C@@H]1CC(=O)Nc2c1cnn2-c1ccccc1. The van der Waals surface area contributed by atoms with Gasteiger partial charge in [0.15, 0.2) is 0 Å². The molecule has 3 aromatic rings. The number of nitrogens with zero attached hydrogens (tertiary/aromatic N) is 5. The molecular formula is C16H16N6O. The molecule has 0 saturated carbocycles. The van der Waals surface area contributed by atoms with E-state index in [2.05, 4.69) is 20.5 Å². The van der Waals surface area contributed by atoms with Crippen molar-refractivity contribution in [1.82, 2.24) is 24.5 Å². The summed E-state index contributed by atoms with van der Waals surface area (Å²) in [6.07, 6.45) is 3.69. The minimum Gasteiger partial charge on any atom is -0.310 e. The van der Waals surface area contributed by atoms with E-state index in [1.54, 1.807) is 10.9 Å². The van der Waals surface area contributed by atoms with Crippen LogP contribution in [0, 0.1) is 0 Å². The van der Waals surface area contributed by atoms with Gasteiger partial charge >= 0.3 is 0 Å². The highest BCUT2D eigenvalue weighted by molar-refractivity contribution is 5.94. The first-order chi connectivity index (χ1) is 11.3. The summed E-state index contributed by atoms with van der Waals surface area (Å²) >= 11 is 0. The molecule has 1 aliphatic heterocycles. The maximum Gasteiger partial charge on any atom is 0.226 e. The zero-order chi connectivity index (χ0) is 15.8. The lowest BCUT2D eigenvalue weighted by Crippen LogP contribution is -2.26. The molecule has 23 heavy (non-hydrogen) atoms. The zero-order valence-electron chi connectivity index (χ0n) is 12.7. The Hall–Kier alpha value is -2.96. The van der Waals surface area contributed by atoms with Gasteiger partial charge in [-0.3, -0.25) is 4.79 Å². The van der Waals surface area contributed by atoms with Gasteiger partial charge in [0.1, 0.15) is 18.0 Å². The van der Waals surface area contributed by atoms with Crippen molar-refractivity contribution in [2.75, 3.05) is 5.32 Å². The molecule has 1 atom stereocenters. The van der Waals surface area contributed by atoms with E-state index < -0.39 is 0 Å². The minimum absolute atomic E-state index is 0.0363. The van der Waals surface area contributed by atoms with Crippen molar-refractivity contribution in [3.63, 3.8) is 0 Å². The predicted octanol–water partition coefficient (Wildman–Crippen LogP) is 1.96. The molecule has 0 aliphatic carbocycles. The molecule has 1 aromatic carbocycles. The Balaban J connectivity index is 1.83. The maximum atomic E-state index is 12.2. The van der Waals surface area contributed by atoms with E-state index in [9.17, 15) is 4.79 Å². The van der Waals surface area contributed by atoms with Crippen molar-refractivity contribution in [3.8, 4) is 5.69 Å². The Bertz CT molecular complexity index is 851. The molecule has 2 aromatic heterocycles. The van der Waals surface area contributed by atoms with Gasteiger partial charge in [-0.2, -0.15) is 10.2 Å². The average Bonchev–Trinajstić information content (AvgIpc) is 3.21. The van der Waals surface area contributed by atoms with Crippen LogP contribution in [0.5, 0.6) is 0 Å². The number of carbonyl (C=O) groups is 1. The number of hydrogen-bond donors (Lipinski definition) is 1. The molecule has 1 amide bonds. The molecule has 7 heteroatoms. The van der Waals surface area contributed by atoms with E-state index in [1.807, 2.05) is 41.9 Å². The molecule has 0 fully saturated rings. The first kappa shape index (κ1) is 13.7. The quantitative estimate of drug-likeness (QED) is 0.802. The van der Waals surface area contributed by atoms with E-state index in [0.29, 0.717) is 12.2 Å². The Morgan fingerprint density at radius 2 is 2.09 bits per heavy atom. The highest BCUT2D eigenvalue weighted by atomic mass is 16.1. The normalized spacial score (nSPS) is 16.9. The lowest BCUT2D eigenvalue weighted by atomic mass is 9.93. The van der Waals surface area contributed by atoms with Crippen molar-refractivity contribution < 1.29 is 4.79 Å². The van der Waals surface area contributed by atoms with Crippen molar-refractivity contribution >= 4 is 11.7 Å². The summed E-state index contributed by atoms with van der Waals surface area (Å²) in [5.41, 5.74) is 1.88. The lowest BCUT2D eigenvalue weighted by molar-refractivity contribution is -0.116. The van der Waals surface area contributed by atoms with E-state index in [0.717, 1.165) is 23.6 Å². The van der Waals surface area contributed by atoms with Gasteiger partial charge in [0, 0.05) is 18.5 Å². The molecule has 0 unspecified atom stereocenters. The summed E-state index contributed by atoms with van der Waals surface area (Å²) < 4.78 is 3.58. The Morgan fingerprint density at radius 1 is 1.26 bits per heavy atom. The fraction of sp³-hybridized carbons (Fsp3) is 0.250. The summed E-state index contributed by atoms with van der Waals surface area (Å²) in [5.74, 6) is 1.35. The van der Waals surface area contributed by atoms with Gasteiger partial charge < -0.3 is 5.32 Å². The Labute approximate surface area is 133 Å². The second kappa shape index (κ2) is 5.35. The van der Waals surface area contributed by atoms with Crippen LogP contribution in [0.15, 0.2) is 42.9 Å². The fourth-order valence-corrected chi connectivity index (χ4v) is 3.00. The number of aryl methyl sites for hydroxylation is 1. The smallest absolute Gasteiger partial charge is 0.226 e. The van der Waals surface area contributed by atoms with Gasteiger partial charge in [0.2, 0.25) is 5.91 Å². The number of hydrogen-bond acceptors (Lipinski definition) is 4. The van der Waals surface area contributed by atoms with Crippen molar-refractivity contribution in [1.29, 1.82) is 0 Å². The van der Waals surface area contributed by atoms with Crippen LogP contribution in [0.25, 0.3) is 5.69 Å². The first-order valence-corrected chi connectivity index (χ1v) is 7.58. The fourth-order valence-electron chi connectivity index (χ4n) is 3.00. The number of carbonyl (C=O) groups excluding carboxylic acids is 1. The van der Waals surface area contributed by atoms with Crippen LogP contribution in [0.3, 0.4) is 0 Å². The van der Waals surface area contributed by atoms with Gasteiger partial charge in [0.05, 0.1) is 17.8 Å². The zero-order valence-corrected chi connectivity index (χ0v) is 12.7. The number of amides is 1. The van der Waals surface area contributed by atoms with Crippen LogP contribution in [0.1, 0.15) is 30.7 Å². The number of para-hydroxylation sites is 1. The van der Waals surface area contributed by atoms with Crippen LogP contribution < -0.4 is 5.32 Å². The molecule has 1 aliphatic rings. The second-order valence-corrected chi connectivity index (χ2v) is 5.43.